The van der Waals surface area contributed by atoms with Crippen LogP contribution in [0.25, 0.3) is 0 Å². The Labute approximate surface area is 111 Å². The van der Waals surface area contributed by atoms with Gasteiger partial charge in [-0.2, -0.15) is 0 Å². The zero-order chi connectivity index (χ0) is 12.1. The smallest absolute Gasteiger partial charge is 0.124 e. The summed E-state index contributed by atoms with van der Waals surface area (Å²) in [5.41, 5.74) is 2.09. The number of hydrogen-bond acceptors (Lipinski definition) is 1. The van der Waals surface area contributed by atoms with E-state index in [1.807, 2.05) is 48.5 Å². The van der Waals surface area contributed by atoms with Gasteiger partial charge in [0.1, 0.15) is 12.4 Å². The highest BCUT2D eigenvalue weighted by Crippen LogP contribution is 2.21. The summed E-state index contributed by atoms with van der Waals surface area (Å²) in [6.45, 7) is 0.519. The third-order valence-corrected chi connectivity index (χ3v) is 2.96. The van der Waals surface area contributed by atoms with E-state index >= 15 is 0 Å². The van der Waals surface area contributed by atoms with Crippen molar-refractivity contribution in [2.75, 3.05) is 0 Å². The molecule has 1 nitrogen and oxygen atoms in total. The summed E-state index contributed by atoms with van der Waals surface area (Å²) in [5.74, 6) is 1.29. The third-order valence-electron chi connectivity index (χ3n) is 2.42. The molecule has 0 aliphatic heterocycles. The zero-order valence-electron chi connectivity index (χ0n) is 9.20. The number of para-hydroxylation sites is 1. The molecule has 3 heteroatoms. The number of alkyl halides is 1. The molecular formula is C14H12Cl2O. The van der Waals surface area contributed by atoms with Crippen molar-refractivity contribution in [2.45, 2.75) is 12.5 Å². The first-order valence-corrected chi connectivity index (χ1v) is 6.22. The van der Waals surface area contributed by atoms with Crippen molar-refractivity contribution in [1.82, 2.24) is 0 Å². The number of rotatable bonds is 4. The third kappa shape index (κ3) is 3.39. The fourth-order valence-electron chi connectivity index (χ4n) is 1.50. The standard InChI is InChI=1S/C14H12Cl2O/c15-9-12-3-1-2-4-14(12)17-10-11-5-7-13(16)8-6-11/h1-8H,9-10H2. The molecule has 2 rings (SSSR count). The van der Waals surface area contributed by atoms with Crippen LogP contribution in [0.2, 0.25) is 5.02 Å². The van der Waals surface area contributed by atoms with Crippen LogP contribution in [0.5, 0.6) is 5.75 Å². The molecule has 2 aromatic carbocycles. The van der Waals surface area contributed by atoms with Gasteiger partial charge in [-0.3, -0.25) is 0 Å². The number of ether oxygens (including phenoxy) is 1. The van der Waals surface area contributed by atoms with Crippen molar-refractivity contribution in [3.63, 3.8) is 0 Å². The van der Waals surface area contributed by atoms with Crippen LogP contribution in [0.4, 0.5) is 0 Å². The van der Waals surface area contributed by atoms with Crippen LogP contribution in [0.15, 0.2) is 48.5 Å². The molecule has 0 unspecified atom stereocenters. The van der Waals surface area contributed by atoms with E-state index in [1.54, 1.807) is 0 Å². The first kappa shape index (κ1) is 12.3. The van der Waals surface area contributed by atoms with Gasteiger partial charge in [0.25, 0.3) is 0 Å². The highest BCUT2D eigenvalue weighted by atomic mass is 35.5. The Morgan fingerprint density at radius 3 is 2.35 bits per heavy atom. The molecule has 0 saturated carbocycles. The summed E-state index contributed by atoms with van der Waals surface area (Å²) >= 11 is 11.7. The van der Waals surface area contributed by atoms with Gasteiger partial charge in [-0.1, -0.05) is 41.9 Å². The minimum atomic E-state index is 0.455. The molecule has 0 radical (unpaired) electrons. The van der Waals surface area contributed by atoms with E-state index in [-0.39, 0.29) is 0 Å². The van der Waals surface area contributed by atoms with Gasteiger partial charge in [0.15, 0.2) is 0 Å². The summed E-state index contributed by atoms with van der Waals surface area (Å²) in [7, 11) is 0. The topological polar surface area (TPSA) is 9.23 Å². The largest absolute Gasteiger partial charge is 0.489 e. The quantitative estimate of drug-likeness (QED) is 0.732. The normalized spacial score (nSPS) is 10.2. The van der Waals surface area contributed by atoms with Crippen LogP contribution in [-0.4, -0.2) is 0 Å². The highest BCUT2D eigenvalue weighted by Gasteiger charge is 2.01. The fraction of sp³-hybridized carbons (Fsp3) is 0.143. The monoisotopic (exact) mass is 266 g/mol. The molecule has 0 aliphatic carbocycles. The van der Waals surface area contributed by atoms with Crippen LogP contribution in [0.3, 0.4) is 0 Å². The van der Waals surface area contributed by atoms with E-state index in [4.69, 9.17) is 27.9 Å². The lowest BCUT2D eigenvalue weighted by atomic mass is 10.2. The highest BCUT2D eigenvalue weighted by molar-refractivity contribution is 6.30. The van der Waals surface area contributed by atoms with E-state index < -0.39 is 0 Å². The maximum atomic E-state index is 5.84. The van der Waals surface area contributed by atoms with Crippen molar-refractivity contribution in [2.24, 2.45) is 0 Å². The average molecular weight is 267 g/mol. The minimum Gasteiger partial charge on any atom is -0.489 e. The Kier molecular flexibility index (Phi) is 4.29. The summed E-state index contributed by atoms with van der Waals surface area (Å²) in [4.78, 5) is 0. The lowest BCUT2D eigenvalue weighted by Crippen LogP contribution is -1.97. The second-order valence-corrected chi connectivity index (χ2v) is 4.36. The van der Waals surface area contributed by atoms with Crippen molar-refractivity contribution in [3.05, 3.63) is 64.7 Å². The van der Waals surface area contributed by atoms with Crippen molar-refractivity contribution < 1.29 is 4.74 Å². The summed E-state index contributed by atoms with van der Waals surface area (Å²) in [6.07, 6.45) is 0. The molecule has 0 saturated heterocycles. The fourth-order valence-corrected chi connectivity index (χ4v) is 1.84. The molecule has 2 aromatic rings. The lowest BCUT2D eigenvalue weighted by Gasteiger charge is -2.09. The van der Waals surface area contributed by atoms with Gasteiger partial charge in [0, 0.05) is 10.6 Å². The summed E-state index contributed by atoms with van der Waals surface area (Å²) in [6, 6.07) is 15.4. The molecule has 0 fully saturated rings. The molecule has 0 N–H and O–H groups in total. The van der Waals surface area contributed by atoms with E-state index in [9.17, 15) is 0 Å². The van der Waals surface area contributed by atoms with Gasteiger partial charge in [-0.15, -0.1) is 11.6 Å². The van der Waals surface area contributed by atoms with Crippen LogP contribution in [-0.2, 0) is 12.5 Å². The number of benzene rings is 2. The predicted molar refractivity (Wildman–Crippen MR) is 71.8 cm³/mol. The van der Waals surface area contributed by atoms with Gasteiger partial charge in [-0.05, 0) is 23.8 Å². The molecule has 0 aliphatic rings. The molecule has 0 aromatic heterocycles. The van der Waals surface area contributed by atoms with Gasteiger partial charge < -0.3 is 4.74 Å². The molecular weight excluding hydrogens is 255 g/mol. The maximum absolute atomic E-state index is 5.84. The molecule has 88 valence electrons. The Balaban J connectivity index is 2.04. The van der Waals surface area contributed by atoms with Crippen LogP contribution < -0.4 is 4.74 Å². The van der Waals surface area contributed by atoms with Crippen molar-refractivity contribution in [3.8, 4) is 5.75 Å². The molecule has 0 amide bonds. The maximum Gasteiger partial charge on any atom is 0.124 e. The SMILES string of the molecule is ClCc1ccccc1OCc1ccc(Cl)cc1. The molecule has 0 bridgehead atoms. The number of halogens is 2. The lowest BCUT2D eigenvalue weighted by molar-refractivity contribution is 0.304. The second-order valence-electron chi connectivity index (χ2n) is 3.66. The van der Waals surface area contributed by atoms with Crippen molar-refractivity contribution >= 4 is 23.2 Å². The van der Waals surface area contributed by atoms with Crippen molar-refractivity contribution in [1.29, 1.82) is 0 Å². The van der Waals surface area contributed by atoms with Gasteiger partial charge in [0.2, 0.25) is 0 Å². The van der Waals surface area contributed by atoms with Gasteiger partial charge >= 0.3 is 0 Å². The molecule has 0 atom stereocenters. The first-order valence-electron chi connectivity index (χ1n) is 5.30. The van der Waals surface area contributed by atoms with Crippen LogP contribution >= 0.6 is 23.2 Å². The summed E-state index contributed by atoms with van der Waals surface area (Å²) in [5, 5.41) is 0.731. The first-order chi connectivity index (χ1) is 8.29. The van der Waals surface area contributed by atoms with Crippen LogP contribution in [0, 0.1) is 0 Å². The van der Waals surface area contributed by atoms with Gasteiger partial charge in [-0.25, -0.2) is 0 Å². The van der Waals surface area contributed by atoms with E-state index in [1.165, 1.54) is 0 Å². The second kappa shape index (κ2) is 5.95. The Bertz CT molecular complexity index is 480. The Hall–Kier alpha value is -1.18. The minimum absolute atomic E-state index is 0.455. The molecule has 17 heavy (non-hydrogen) atoms. The Morgan fingerprint density at radius 2 is 1.65 bits per heavy atom. The number of hydrogen-bond donors (Lipinski definition) is 0. The molecule has 0 spiro atoms. The Morgan fingerprint density at radius 1 is 0.941 bits per heavy atom. The molecule has 0 heterocycles. The van der Waals surface area contributed by atoms with Crippen LogP contribution in [0.1, 0.15) is 11.1 Å². The summed E-state index contributed by atoms with van der Waals surface area (Å²) < 4.78 is 5.73. The van der Waals surface area contributed by atoms with Gasteiger partial charge in [0.05, 0.1) is 5.88 Å². The van der Waals surface area contributed by atoms with E-state index in [0.717, 1.165) is 21.9 Å². The zero-order valence-corrected chi connectivity index (χ0v) is 10.7. The average Bonchev–Trinajstić information content (AvgIpc) is 2.38. The predicted octanol–water partition coefficient (Wildman–Crippen LogP) is 4.66. The van der Waals surface area contributed by atoms with E-state index in [0.29, 0.717) is 12.5 Å². The van der Waals surface area contributed by atoms with E-state index in [2.05, 4.69) is 0 Å².